The first-order valence-corrected chi connectivity index (χ1v) is 12.2. The van der Waals surface area contributed by atoms with Gasteiger partial charge in [0.05, 0.1) is 22.9 Å². The van der Waals surface area contributed by atoms with Crippen LogP contribution in [-0.2, 0) is 19.9 Å². The third-order valence-electron chi connectivity index (χ3n) is 7.15. The molecular weight excluding hydrogens is 483 g/mol. The van der Waals surface area contributed by atoms with Crippen molar-refractivity contribution in [2.45, 2.75) is 39.5 Å². The van der Waals surface area contributed by atoms with Crippen molar-refractivity contribution in [3.63, 3.8) is 0 Å². The number of rotatable bonds is 5. The van der Waals surface area contributed by atoms with E-state index < -0.39 is 12.4 Å². The van der Waals surface area contributed by atoms with E-state index in [0.717, 1.165) is 47.0 Å². The van der Waals surface area contributed by atoms with Gasteiger partial charge in [-0.1, -0.05) is 13.0 Å². The van der Waals surface area contributed by atoms with Crippen LogP contribution in [-0.4, -0.2) is 22.1 Å². The Morgan fingerprint density at radius 2 is 1.89 bits per heavy atom. The van der Waals surface area contributed by atoms with Crippen LogP contribution in [0, 0.1) is 6.92 Å². The third kappa shape index (κ3) is 4.75. The minimum atomic E-state index is -2.74. The van der Waals surface area contributed by atoms with Crippen LogP contribution in [0.2, 0.25) is 0 Å². The second-order valence-electron chi connectivity index (χ2n) is 9.44. The molecule has 6 nitrogen and oxygen atoms in total. The van der Waals surface area contributed by atoms with Gasteiger partial charge in [-0.3, -0.25) is 9.78 Å². The number of hydrogen-bond acceptors (Lipinski definition) is 5. The number of nitrogens with zero attached hydrogens (tertiary/aromatic N) is 3. The van der Waals surface area contributed by atoms with Crippen LogP contribution >= 0.6 is 0 Å². The minimum absolute atomic E-state index is 0. The zero-order chi connectivity index (χ0) is 26.4. The molecule has 0 fully saturated rings. The molecule has 0 radical (unpaired) electrons. The quantitative estimate of drug-likeness (QED) is 0.384. The molecule has 0 saturated heterocycles. The fourth-order valence-corrected chi connectivity index (χ4v) is 5.19. The summed E-state index contributed by atoms with van der Waals surface area (Å²) in [6.45, 7) is 4.48. The predicted molar refractivity (Wildman–Crippen MR) is 138 cm³/mol. The molecule has 1 aliphatic rings. The van der Waals surface area contributed by atoms with Crippen molar-refractivity contribution in [2.24, 2.45) is 7.05 Å². The summed E-state index contributed by atoms with van der Waals surface area (Å²) >= 11 is 0. The Labute approximate surface area is 231 Å². The number of carboxylic acid groups (broad SMARTS) is 1. The SMILES string of the molecule is CCc1cc(N2CCCc3cc(-c4ccc(C(=O)[O-])nc4)c(C(F)F)cc32)c2cc(C)c(=O)n(C)c2c1.[Li+]. The van der Waals surface area contributed by atoms with E-state index in [2.05, 4.69) is 16.0 Å². The zero-order valence-electron chi connectivity index (χ0n) is 21.8. The number of aromatic carboxylic acids is 1. The Bertz CT molecular complexity index is 1600. The van der Waals surface area contributed by atoms with E-state index >= 15 is 0 Å². The predicted octanol–water partition coefficient (Wildman–Crippen LogP) is 1.86. The molecule has 0 N–H and O–H groups in total. The maximum absolute atomic E-state index is 14.4. The number of carbonyl (C=O) groups excluding carboxylic acids is 1. The number of aryl methyl sites for hydroxylation is 4. The third-order valence-corrected chi connectivity index (χ3v) is 7.15. The molecule has 4 aromatic rings. The summed E-state index contributed by atoms with van der Waals surface area (Å²) in [7, 11) is 1.76. The number of alkyl halides is 2. The van der Waals surface area contributed by atoms with Crippen LogP contribution in [0.1, 0.15) is 52.5 Å². The number of benzene rings is 2. The zero-order valence-corrected chi connectivity index (χ0v) is 21.8. The Morgan fingerprint density at radius 3 is 2.53 bits per heavy atom. The molecule has 0 aliphatic carbocycles. The van der Waals surface area contributed by atoms with Crippen molar-refractivity contribution in [3.8, 4) is 11.1 Å². The van der Waals surface area contributed by atoms with Gasteiger partial charge in [-0.15, -0.1) is 0 Å². The maximum Gasteiger partial charge on any atom is 1.00 e. The van der Waals surface area contributed by atoms with Gasteiger partial charge in [-0.05, 0) is 79.3 Å². The fraction of sp³-hybridized carbons (Fsp3) is 0.276. The monoisotopic (exact) mass is 509 g/mol. The largest absolute Gasteiger partial charge is 1.00 e. The van der Waals surface area contributed by atoms with Gasteiger partial charge >= 0.3 is 18.9 Å². The number of pyridine rings is 2. The molecule has 38 heavy (non-hydrogen) atoms. The molecule has 1 aliphatic heterocycles. The summed E-state index contributed by atoms with van der Waals surface area (Å²) < 4.78 is 30.4. The average Bonchev–Trinajstić information content (AvgIpc) is 2.90. The molecule has 9 heteroatoms. The topological polar surface area (TPSA) is 78.3 Å². The van der Waals surface area contributed by atoms with Crippen LogP contribution in [0.4, 0.5) is 20.2 Å². The van der Waals surface area contributed by atoms with Crippen molar-refractivity contribution >= 4 is 28.2 Å². The van der Waals surface area contributed by atoms with Crippen LogP contribution in [0.25, 0.3) is 22.0 Å². The van der Waals surface area contributed by atoms with E-state index in [1.807, 2.05) is 19.1 Å². The summed E-state index contributed by atoms with van der Waals surface area (Å²) in [5, 5.41) is 12.0. The maximum atomic E-state index is 14.4. The number of carbonyl (C=O) groups is 1. The van der Waals surface area contributed by atoms with E-state index in [9.17, 15) is 23.5 Å². The van der Waals surface area contributed by atoms with Crippen LogP contribution in [0.5, 0.6) is 0 Å². The molecule has 2 aromatic heterocycles. The van der Waals surface area contributed by atoms with Crippen molar-refractivity contribution in [1.29, 1.82) is 0 Å². The normalized spacial score (nSPS) is 12.9. The van der Waals surface area contributed by atoms with Gasteiger partial charge in [-0.25, -0.2) is 8.78 Å². The summed E-state index contributed by atoms with van der Waals surface area (Å²) in [5.74, 6) is -1.42. The molecule has 0 bridgehead atoms. The summed E-state index contributed by atoms with van der Waals surface area (Å²) in [6, 6.07) is 12.0. The van der Waals surface area contributed by atoms with Gasteiger partial charge in [0.2, 0.25) is 0 Å². The second kappa shape index (κ2) is 10.7. The van der Waals surface area contributed by atoms with Crippen LogP contribution in [0.15, 0.2) is 53.5 Å². The van der Waals surface area contributed by atoms with E-state index in [1.165, 1.54) is 18.3 Å². The summed E-state index contributed by atoms with van der Waals surface area (Å²) in [6.07, 6.45) is 0.857. The number of halogens is 2. The molecule has 5 rings (SSSR count). The molecule has 0 unspecified atom stereocenters. The standard InChI is InChI=1S/C29H27F2N3O3.Li/c1-4-17-11-25-22(10-16(2)28(35)33(25)3)26(12-17)34-9-5-6-18-13-20(21(27(30)31)14-24(18)34)19-7-8-23(29(36)37)32-15-19;/h7-8,10-15,27H,4-6,9H2,1-3H3,(H,36,37);/q;+1/p-1. The first-order chi connectivity index (χ1) is 17.7. The molecule has 0 amide bonds. The van der Waals surface area contributed by atoms with Gasteiger partial charge in [0.15, 0.2) is 0 Å². The van der Waals surface area contributed by atoms with Crippen LogP contribution < -0.4 is 34.4 Å². The molecule has 3 heterocycles. The smallest absolute Gasteiger partial charge is 0.543 e. The molecule has 0 atom stereocenters. The van der Waals surface area contributed by atoms with Gasteiger partial charge in [0, 0.05) is 47.6 Å². The second-order valence-corrected chi connectivity index (χ2v) is 9.44. The number of anilines is 2. The van der Waals surface area contributed by atoms with Gasteiger partial charge in [-0.2, -0.15) is 0 Å². The molecular formula is C29H26F2LiN3O3. The van der Waals surface area contributed by atoms with E-state index in [-0.39, 0.29) is 35.7 Å². The fourth-order valence-electron chi connectivity index (χ4n) is 5.19. The van der Waals surface area contributed by atoms with Gasteiger partial charge in [0.1, 0.15) is 0 Å². The average molecular weight is 509 g/mol. The first-order valence-electron chi connectivity index (χ1n) is 12.2. The van der Waals surface area contributed by atoms with E-state index in [1.54, 1.807) is 30.7 Å². The molecule has 0 spiro atoms. The Kier molecular flexibility index (Phi) is 7.77. The molecule has 2 aromatic carbocycles. The van der Waals surface area contributed by atoms with E-state index in [0.29, 0.717) is 28.9 Å². The first kappa shape index (κ1) is 27.6. The van der Waals surface area contributed by atoms with Crippen molar-refractivity contribution in [3.05, 3.63) is 87.0 Å². The van der Waals surface area contributed by atoms with E-state index in [4.69, 9.17) is 0 Å². The molecule has 0 saturated carbocycles. The van der Waals surface area contributed by atoms with Gasteiger partial charge < -0.3 is 19.4 Å². The van der Waals surface area contributed by atoms with Crippen molar-refractivity contribution < 1.29 is 37.5 Å². The Morgan fingerprint density at radius 1 is 1.13 bits per heavy atom. The number of fused-ring (bicyclic) bond motifs is 2. The van der Waals surface area contributed by atoms with Gasteiger partial charge in [0.25, 0.3) is 12.0 Å². The Balaban J connectivity index is 0.00000336. The Hall–Kier alpha value is -3.47. The summed E-state index contributed by atoms with van der Waals surface area (Å²) in [4.78, 5) is 29.7. The number of carboxylic acids is 1. The van der Waals surface area contributed by atoms with Crippen molar-refractivity contribution in [1.82, 2.24) is 9.55 Å². The summed E-state index contributed by atoms with van der Waals surface area (Å²) in [5.41, 5.74) is 5.30. The van der Waals surface area contributed by atoms with Crippen molar-refractivity contribution in [2.75, 3.05) is 11.4 Å². The number of aromatic nitrogens is 2. The minimum Gasteiger partial charge on any atom is -0.543 e. The van der Waals surface area contributed by atoms with Crippen LogP contribution in [0.3, 0.4) is 0 Å². The molecule has 190 valence electrons. The number of hydrogen-bond donors (Lipinski definition) is 0.